The predicted octanol–water partition coefficient (Wildman–Crippen LogP) is 3.69. The number of nitrogens with one attached hydrogen (secondary N) is 1. The molecule has 0 spiro atoms. The van der Waals surface area contributed by atoms with Crippen LogP contribution < -0.4 is 10.1 Å². The largest absolute Gasteiger partial charge is 0.415 e. The number of carbonyl (C=O) groups is 2. The van der Waals surface area contributed by atoms with Gasteiger partial charge in [0.05, 0.1) is 5.92 Å². The molecule has 27 heavy (non-hydrogen) atoms. The van der Waals surface area contributed by atoms with Crippen LogP contribution in [0.1, 0.15) is 6.42 Å². The van der Waals surface area contributed by atoms with Crippen LogP contribution in [-0.2, 0) is 4.79 Å². The molecule has 6 heteroatoms. The van der Waals surface area contributed by atoms with Crippen molar-refractivity contribution in [1.82, 2.24) is 9.88 Å². The second-order valence-electron chi connectivity index (χ2n) is 6.52. The second-order valence-corrected chi connectivity index (χ2v) is 6.52. The van der Waals surface area contributed by atoms with Gasteiger partial charge in [-0.2, -0.15) is 0 Å². The first-order valence-electron chi connectivity index (χ1n) is 8.86. The maximum Gasteiger partial charge on any atom is 0.415 e. The number of ether oxygens (including phenoxy) is 1. The van der Waals surface area contributed by atoms with Crippen molar-refractivity contribution in [2.45, 2.75) is 6.42 Å². The molecular formula is C21H19N3O3. The van der Waals surface area contributed by atoms with Crippen molar-refractivity contribution in [3.05, 3.63) is 66.9 Å². The Hall–Kier alpha value is -3.41. The number of benzene rings is 2. The van der Waals surface area contributed by atoms with Gasteiger partial charge in [-0.25, -0.2) is 9.78 Å². The Morgan fingerprint density at radius 2 is 1.78 bits per heavy atom. The van der Waals surface area contributed by atoms with Crippen LogP contribution in [-0.4, -0.2) is 35.0 Å². The lowest BCUT2D eigenvalue weighted by molar-refractivity contribution is -0.119. The zero-order chi connectivity index (χ0) is 18.6. The number of hydrogen-bond donors (Lipinski definition) is 1. The Labute approximate surface area is 156 Å². The summed E-state index contributed by atoms with van der Waals surface area (Å²) >= 11 is 0. The summed E-state index contributed by atoms with van der Waals surface area (Å²) in [6.07, 6.45) is 1.91. The minimum atomic E-state index is -0.430. The van der Waals surface area contributed by atoms with E-state index in [1.165, 1.54) is 0 Å². The molecule has 4 rings (SSSR count). The highest BCUT2D eigenvalue weighted by atomic mass is 16.6. The Kier molecular flexibility index (Phi) is 4.70. The van der Waals surface area contributed by atoms with Gasteiger partial charge in [-0.15, -0.1) is 0 Å². The summed E-state index contributed by atoms with van der Waals surface area (Å²) in [6, 6.07) is 18.6. The smallest absolute Gasteiger partial charge is 0.410 e. The van der Waals surface area contributed by atoms with Gasteiger partial charge in [-0.1, -0.05) is 42.5 Å². The molecule has 6 nitrogen and oxygen atoms in total. The van der Waals surface area contributed by atoms with Crippen LogP contribution in [0.15, 0.2) is 66.9 Å². The molecule has 1 fully saturated rings. The third-order valence-electron chi connectivity index (χ3n) is 4.65. The first kappa shape index (κ1) is 17.0. The minimum Gasteiger partial charge on any atom is -0.410 e. The molecule has 3 aromatic rings. The van der Waals surface area contributed by atoms with Gasteiger partial charge in [0, 0.05) is 24.7 Å². The van der Waals surface area contributed by atoms with E-state index in [9.17, 15) is 9.59 Å². The lowest BCUT2D eigenvalue weighted by atomic mass is 10.1. The molecule has 1 unspecified atom stereocenters. The molecule has 1 atom stereocenters. The third-order valence-corrected chi connectivity index (χ3v) is 4.65. The molecule has 0 saturated carbocycles. The number of likely N-dealkylation sites (tertiary alicyclic amines) is 1. The average molecular weight is 361 g/mol. The number of rotatable bonds is 3. The van der Waals surface area contributed by atoms with Gasteiger partial charge in [-0.3, -0.25) is 4.79 Å². The first-order chi connectivity index (χ1) is 13.2. The standard InChI is InChI=1S/C21H19N3O3/c25-20(23-19-12-15-6-4-5-7-16(15)13-22-19)17-10-11-24(14-17)21(26)27-18-8-2-1-3-9-18/h1-9,12-13,17H,10-11,14H2,(H,22,23,25). The Bertz CT molecular complexity index is 975. The van der Waals surface area contributed by atoms with E-state index in [0.29, 0.717) is 31.1 Å². The number of fused-ring (bicyclic) bond motifs is 1. The van der Waals surface area contributed by atoms with Crippen molar-refractivity contribution in [1.29, 1.82) is 0 Å². The van der Waals surface area contributed by atoms with E-state index in [-0.39, 0.29) is 11.8 Å². The number of anilines is 1. The number of pyridine rings is 1. The van der Waals surface area contributed by atoms with E-state index < -0.39 is 6.09 Å². The predicted molar refractivity (Wildman–Crippen MR) is 103 cm³/mol. The zero-order valence-electron chi connectivity index (χ0n) is 14.7. The maximum atomic E-state index is 12.5. The van der Waals surface area contributed by atoms with Crippen LogP contribution in [0, 0.1) is 5.92 Å². The Morgan fingerprint density at radius 1 is 1.04 bits per heavy atom. The minimum absolute atomic E-state index is 0.132. The van der Waals surface area contributed by atoms with E-state index in [1.807, 2.05) is 36.4 Å². The lowest BCUT2D eigenvalue weighted by Gasteiger charge is -2.16. The van der Waals surface area contributed by atoms with Crippen molar-refractivity contribution < 1.29 is 14.3 Å². The molecule has 1 aliphatic heterocycles. The number of nitrogens with zero attached hydrogens (tertiary/aromatic N) is 2. The molecule has 1 aliphatic rings. The summed E-state index contributed by atoms with van der Waals surface area (Å²) in [5.74, 6) is 0.606. The van der Waals surface area contributed by atoms with Gasteiger partial charge < -0.3 is 15.0 Å². The third kappa shape index (κ3) is 3.89. The fourth-order valence-corrected chi connectivity index (χ4v) is 3.17. The lowest BCUT2D eigenvalue weighted by Crippen LogP contribution is -2.33. The van der Waals surface area contributed by atoms with Crippen LogP contribution in [0.4, 0.5) is 10.6 Å². The fraction of sp³-hybridized carbons (Fsp3) is 0.190. The highest BCUT2D eigenvalue weighted by Crippen LogP contribution is 2.21. The van der Waals surface area contributed by atoms with Gasteiger partial charge >= 0.3 is 6.09 Å². The van der Waals surface area contributed by atoms with Crippen LogP contribution in [0.5, 0.6) is 5.75 Å². The molecule has 1 saturated heterocycles. The van der Waals surface area contributed by atoms with Gasteiger partial charge in [-0.05, 0) is 30.0 Å². The second kappa shape index (κ2) is 7.45. The molecule has 136 valence electrons. The normalized spacial score (nSPS) is 16.3. The van der Waals surface area contributed by atoms with Crippen LogP contribution in [0.3, 0.4) is 0 Å². The highest BCUT2D eigenvalue weighted by molar-refractivity contribution is 5.94. The highest BCUT2D eigenvalue weighted by Gasteiger charge is 2.32. The molecule has 2 aromatic carbocycles. The molecule has 2 heterocycles. The van der Waals surface area contributed by atoms with E-state index >= 15 is 0 Å². The van der Waals surface area contributed by atoms with Gasteiger partial charge in [0.25, 0.3) is 0 Å². The van der Waals surface area contributed by atoms with Crippen molar-refractivity contribution >= 4 is 28.6 Å². The average Bonchev–Trinajstić information content (AvgIpc) is 3.19. The number of amides is 2. The van der Waals surface area contributed by atoms with E-state index in [1.54, 1.807) is 35.4 Å². The molecular weight excluding hydrogens is 342 g/mol. The van der Waals surface area contributed by atoms with E-state index in [0.717, 1.165) is 10.8 Å². The molecule has 2 amide bonds. The topological polar surface area (TPSA) is 71.5 Å². The van der Waals surface area contributed by atoms with Gasteiger partial charge in [0.2, 0.25) is 5.91 Å². The summed E-state index contributed by atoms with van der Waals surface area (Å²) in [5.41, 5.74) is 0. The molecule has 0 aliphatic carbocycles. The SMILES string of the molecule is O=C(Nc1cc2ccccc2cn1)C1CCN(C(=O)Oc2ccccc2)C1. The van der Waals surface area contributed by atoms with Crippen LogP contribution in [0.25, 0.3) is 10.8 Å². The van der Waals surface area contributed by atoms with E-state index in [4.69, 9.17) is 4.74 Å². The quantitative estimate of drug-likeness (QED) is 0.772. The Balaban J connectivity index is 1.36. The van der Waals surface area contributed by atoms with Gasteiger partial charge in [0.1, 0.15) is 11.6 Å². The summed E-state index contributed by atoms with van der Waals surface area (Å²) < 4.78 is 5.34. The summed E-state index contributed by atoms with van der Waals surface area (Å²) in [5, 5.41) is 4.89. The summed E-state index contributed by atoms with van der Waals surface area (Å²) in [6.45, 7) is 0.833. The zero-order valence-corrected chi connectivity index (χ0v) is 14.7. The molecule has 0 bridgehead atoms. The van der Waals surface area contributed by atoms with Crippen molar-refractivity contribution in [3.8, 4) is 5.75 Å². The summed E-state index contributed by atoms with van der Waals surface area (Å²) in [7, 11) is 0. The van der Waals surface area contributed by atoms with Crippen molar-refractivity contribution in [2.75, 3.05) is 18.4 Å². The van der Waals surface area contributed by atoms with Gasteiger partial charge in [0.15, 0.2) is 0 Å². The van der Waals surface area contributed by atoms with E-state index in [2.05, 4.69) is 10.3 Å². The molecule has 1 aromatic heterocycles. The van der Waals surface area contributed by atoms with Crippen LogP contribution >= 0.6 is 0 Å². The first-order valence-corrected chi connectivity index (χ1v) is 8.86. The van der Waals surface area contributed by atoms with Crippen molar-refractivity contribution in [3.63, 3.8) is 0 Å². The number of carbonyl (C=O) groups excluding carboxylic acids is 2. The molecule has 0 radical (unpaired) electrons. The number of para-hydroxylation sites is 1. The van der Waals surface area contributed by atoms with Crippen molar-refractivity contribution in [2.24, 2.45) is 5.92 Å². The van der Waals surface area contributed by atoms with Crippen LogP contribution in [0.2, 0.25) is 0 Å². The maximum absolute atomic E-state index is 12.5. The molecule has 1 N–H and O–H groups in total. The monoisotopic (exact) mass is 361 g/mol. The fourth-order valence-electron chi connectivity index (χ4n) is 3.17. The summed E-state index contributed by atoms with van der Waals surface area (Å²) in [4.78, 5) is 30.6. The number of hydrogen-bond acceptors (Lipinski definition) is 4. The number of aromatic nitrogens is 1. The Morgan fingerprint density at radius 3 is 2.59 bits per heavy atom.